The van der Waals surface area contributed by atoms with Crippen LogP contribution in [0.15, 0.2) is 0 Å². The van der Waals surface area contributed by atoms with E-state index in [9.17, 15) is 0 Å². The molecule has 2 heteroatoms. The van der Waals surface area contributed by atoms with Gasteiger partial charge in [0, 0.05) is 7.11 Å². The molecule has 66 valence electrons. The Hall–Kier alpha value is 0.492. The molecule has 0 fully saturated rings. The van der Waals surface area contributed by atoms with Crippen LogP contribution >= 0.6 is 0 Å². The van der Waals surface area contributed by atoms with E-state index in [1.807, 2.05) is 7.11 Å². The molecule has 0 aliphatic heterocycles. The van der Waals surface area contributed by atoms with Gasteiger partial charge in [0.25, 0.3) is 0 Å². The van der Waals surface area contributed by atoms with Crippen LogP contribution in [0.4, 0.5) is 0 Å². The van der Waals surface area contributed by atoms with Gasteiger partial charge in [0.15, 0.2) is 0 Å². The molecule has 0 rings (SSSR count). The number of rotatable bonds is 5. The van der Waals surface area contributed by atoms with Crippen molar-refractivity contribution in [2.45, 2.75) is 38.3 Å². The van der Waals surface area contributed by atoms with Crippen LogP contribution < -0.4 is 0 Å². The second-order valence-electron chi connectivity index (χ2n) is 4.12. The Morgan fingerprint density at radius 3 is 1.55 bits per heavy atom. The molecule has 0 radical (unpaired) electrons. The predicted molar refractivity (Wildman–Crippen MR) is 52.1 cm³/mol. The van der Waals surface area contributed by atoms with Gasteiger partial charge in [-0.1, -0.05) is 50.1 Å². The van der Waals surface area contributed by atoms with Gasteiger partial charge in [-0.05, 0) is 0 Å². The summed E-state index contributed by atoms with van der Waals surface area (Å²) >= 11 is -0.829. The lowest BCUT2D eigenvalue weighted by atomic mass is 10.3. The SMILES string of the molecule is C[O][Al]([CH2]C(C)C)[CH2]C(C)C. The molecule has 0 N–H and O–H groups in total. The van der Waals surface area contributed by atoms with Crippen LogP contribution in [-0.4, -0.2) is 21.6 Å². The molecule has 0 aliphatic rings. The van der Waals surface area contributed by atoms with Gasteiger partial charge < -0.3 is 3.79 Å². The third-order valence-corrected chi connectivity index (χ3v) is 5.41. The third-order valence-electron chi connectivity index (χ3n) is 1.80. The average Bonchev–Trinajstić information content (AvgIpc) is 1.84. The zero-order chi connectivity index (χ0) is 8.85. The van der Waals surface area contributed by atoms with Gasteiger partial charge in [0.2, 0.25) is 0 Å². The molecule has 0 atom stereocenters. The summed E-state index contributed by atoms with van der Waals surface area (Å²) in [5.74, 6) is 1.62. The lowest BCUT2D eigenvalue weighted by Gasteiger charge is -2.13. The van der Waals surface area contributed by atoms with Crippen LogP contribution in [0.25, 0.3) is 0 Å². The Morgan fingerprint density at radius 2 is 1.36 bits per heavy atom. The Labute approximate surface area is 75.9 Å². The maximum Gasteiger partial charge on any atom is 0.461 e. The quantitative estimate of drug-likeness (QED) is 0.579. The molecule has 1 nitrogen and oxygen atoms in total. The summed E-state index contributed by atoms with van der Waals surface area (Å²) in [5.41, 5.74) is 0. The van der Waals surface area contributed by atoms with E-state index in [0.29, 0.717) is 0 Å². The van der Waals surface area contributed by atoms with Gasteiger partial charge in [-0.25, -0.2) is 0 Å². The van der Waals surface area contributed by atoms with Crippen molar-refractivity contribution in [3.63, 3.8) is 0 Å². The summed E-state index contributed by atoms with van der Waals surface area (Å²) in [6.45, 7) is 9.11. The summed E-state index contributed by atoms with van der Waals surface area (Å²) in [5, 5.41) is 2.66. The maximum atomic E-state index is 5.51. The summed E-state index contributed by atoms with van der Waals surface area (Å²) in [6, 6.07) is 0. The second-order valence-corrected chi connectivity index (χ2v) is 6.78. The third kappa shape index (κ3) is 6.87. The first kappa shape index (κ1) is 11.5. The van der Waals surface area contributed by atoms with Gasteiger partial charge in [0.05, 0.1) is 0 Å². The first-order valence-corrected chi connectivity index (χ1v) is 6.69. The molecule has 0 aromatic carbocycles. The van der Waals surface area contributed by atoms with Gasteiger partial charge in [-0.15, -0.1) is 0 Å². The van der Waals surface area contributed by atoms with E-state index < -0.39 is 14.5 Å². The Morgan fingerprint density at radius 1 is 1.00 bits per heavy atom. The highest BCUT2D eigenvalue weighted by Gasteiger charge is 2.21. The zero-order valence-corrected chi connectivity index (χ0v) is 9.71. The molecule has 11 heavy (non-hydrogen) atoms. The minimum absolute atomic E-state index is 0.811. The fourth-order valence-corrected chi connectivity index (χ4v) is 4.02. The van der Waals surface area contributed by atoms with Crippen LogP contribution in [0.2, 0.25) is 10.6 Å². The van der Waals surface area contributed by atoms with Gasteiger partial charge in [0.1, 0.15) is 0 Å². The fraction of sp³-hybridized carbons (Fsp3) is 1.00. The van der Waals surface area contributed by atoms with Crippen molar-refractivity contribution in [2.75, 3.05) is 7.11 Å². The van der Waals surface area contributed by atoms with Crippen molar-refractivity contribution in [2.24, 2.45) is 11.8 Å². The minimum Gasteiger partial charge on any atom is -0.503 e. The minimum atomic E-state index is -0.829. The molecule has 0 saturated carbocycles. The first-order chi connectivity index (χ1) is 5.06. The number of hydrogen-bond donors (Lipinski definition) is 0. The largest absolute Gasteiger partial charge is 0.503 e. The van der Waals surface area contributed by atoms with Crippen LogP contribution in [0.1, 0.15) is 27.7 Å². The molecular weight excluding hydrogens is 151 g/mol. The standard InChI is InChI=1S/2C4H9.CH3O.Al/c2*1-4(2)3;1-2;/h2*4H,1H2,2-3H3;1H3;/q;;-1;+1. The maximum absolute atomic E-state index is 5.51. The van der Waals surface area contributed by atoms with Crippen molar-refractivity contribution in [3.05, 3.63) is 0 Å². The van der Waals surface area contributed by atoms with E-state index in [1.165, 1.54) is 10.6 Å². The highest BCUT2D eigenvalue weighted by Crippen LogP contribution is 2.14. The Balaban J connectivity index is 3.58. The molecule has 0 heterocycles. The van der Waals surface area contributed by atoms with E-state index in [0.717, 1.165) is 11.8 Å². The highest BCUT2D eigenvalue weighted by molar-refractivity contribution is 6.51. The van der Waals surface area contributed by atoms with Gasteiger partial charge >= 0.3 is 14.5 Å². The smallest absolute Gasteiger partial charge is 0.461 e. The van der Waals surface area contributed by atoms with Gasteiger partial charge in [-0.3, -0.25) is 0 Å². The van der Waals surface area contributed by atoms with Crippen LogP contribution in [0.5, 0.6) is 0 Å². The normalized spacial score (nSPS) is 11.2. The Kier molecular flexibility index (Phi) is 6.33. The zero-order valence-electron chi connectivity index (χ0n) is 8.55. The summed E-state index contributed by atoms with van der Waals surface area (Å²) < 4.78 is 5.51. The molecule has 0 unspecified atom stereocenters. The molecule has 0 bridgehead atoms. The van der Waals surface area contributed by atoms with Crippen molar-refractivity contribution >= 4 is 14.5 Å². The molecule has 0 spiro atoms. The molecular formula is C9H21AlO. The lowest BCUT2D eigenvalue weighted by Crippen LogP contribution is -2.20. The average molecular weight is 172 g/mol. The monoisotopic (exact) mass is 172 g/mol. The van der Waals surface area contributed by atoms with E-state index in [2.05, 4.69) is 27.7 Å². The van der Waals surface area contributed by atoms with E-state index in [-0.39, 0.29) is 0 Å². The summed E-state index contributed by atoms with van der Waals surface area (Å²) in [7, 11) is 1.88. The fourth-order valence-electron chi connectivity index (χ4n) is 1.34. The highest BCUT2D eigenvalue weighted by atomic mass is 27.2. The van der Waals surface area contributed by atoms with Crippen LogP contribution in [0, 0.1) is 11.8 Å². The summed E-state index contributed by atoms with van der Waals surface area (Å²) in [6.07, 6.45) is 0. The van der Waals surface area contributed by atoms with E-state index in [4.69, 9.17) is 3.79 Å². The molecule has 0 aromatic heterocycles. The Bertz CT molecular complexity index is 81.6. The first-order valence-electron chi connectivity index (χ1n) is 4.59. The molecule has 0 aromatic rings. The molecule has 0 saturated heterocycles. The van der Waals surface area contributed by atoms with Crippen molar-refractivity contribution < 1.29 is 3.79 Å². The van der Waals surface area contributed by atoms with Gasteiger partial charge in [-0.2, -0.15) is 0 Å². The molecule has 0 aliphatic carbocycles. The van der Waals surface area contributed by atoms with Crippen molar-refractivity contribution in [1.82, 2.24) is 0 Å². The summed E-state index contributed by atoms with van der Waals surface area (Å²) in [4.78, 5) is 0. The number of hydrogen-bond acceptors (Lipinski definition) is 1. The van der Waals surface area contributed by atoms with Crippen LogP contribution in [-0.2, 0) is 3.79 Å². The van der Waals surface area contributed by atoms with Crippen molar-refractivity contribution in [1.29, 1.82) is 0 Å². The van der Waals surface area contributed by atoms with E-state index >= 15 is 0 Å². The van der Waals surface area contributed by atoms with E-state index in [1.54, 1.807) is 0 Å². The van der Waals surface area contributed by atoms with Crippen LogP contribution in [0.3, 0.4) is 0 Å². The van der Waals surface area contributed by atoms with Crippen molar-refractivity contribution in [3.8, 4) is 0 Å². The second kappa shape index (κ2) is 6.06. The topological polar surface area (TPSA) is 9.23 Å². The lowest BCUT2D eigenvalue weighted by molar-refractivity contribution is 0.403. The molecule has 0 amide bonds. The predicted octanol–water partition coefficient (Wildman–Crippen LogP) is 2.94.